The van der Waals surface area contributed by atoms with E-state index in [0.717, 1.165) is 5.56 Å². The first-order chi connectivity index (χ1) is 13.5. The average molecular weight is 419 g/mol. The van der Waals surface area contributed by atoms with Gasteiger partial charge in [-0.3, -0.25) is 9.52 Å². The van der Waals surface area contributed by atoms with E-state index in [1.807, 2.05) is 20.8 Å². The Morgan fingerprint density at radius 1 is 1.21 bits per heavy atom. The molecule has 0 saturated heterocycles. The molecule has 1 amide bonds. The van der Waals surface area contributed by atoms with Gasteiger partial charge in [0, 0.05) is 7.05 Å². The van der Waals surface area contributed by atoms with Gasteiger partial charge in [-0.05, 0) is 69.7 Å². The molecule has 0 radical (unpaired) electrons. The van der Waals surface area contributed by atoms with Gasteiger partial charge in [-0.25, -0.2) is 8.42 Å². The number of aryl methyl sites for hydroxylation is 1. The van der Waals surface area contributed by atoms with E-state index in [0.29, 0.717) is 29.5 Å². The highest BCUT2D eigenvalue weighted by Crippen LogP contribution is 2.37. The Morgan fingerprint density at radius 3 is 2.59 bits per heavy atom. The van der Waals surface area contributed by atoms with Crippen molar-refractivity contribution in [2.75, 3.05) is 29.9 Å². The van der Waals surface area contributed by atoms with E-state index in [4.69, 9.17) is 9.47 Å². The van der Waals surface area contributed by atoms with Gasteiger partial charge in [-0.15, -0.1) is 0 Å². The Balaban J connectivity index is 1.91. The Labute approximate surface area is 171 Å². The lowest BCUT2D eigenvalue weighted by atomic mass is 9.93. The first kappa shape index (κ1) is 21.0. The molecular formula is C21H26N2O5S. The molecule has 0 aliphatic carbocycles. The average Bonchev–Trinajstić information content (AvgIpc) is 2.74. The lowest BCUT2D eigenvalue weighted by Crippen LogP contribution is -2.39. The van der Waals surface area contributed by atoms with Crippen LogP contribution in [-0.4, -0.2) is 34.6 Å². The number of amides is 1. The second-order valence-corrected chi connectivity index (χ2v) is 9.37. The van der Waals surface area contributed by atoms with Crippen molar-refractivity contribution >= 4 is 27.3 Å². The highest BCUT2D eigenvalue weighted by Gasteiger charge is 2.36. The maximum atomic E-state index is 12.8. The molecule has 1 aliphatic heterocycles. The predicted molar refractivity (Wildman–Crippen MR) is 112 cm³/mol. The molecule has 2 aromatic rings. The second kappa shape index (κ2) is 7.59. The Hall–Kier alpha value is -2.74. The number of anilines is 2. The van der Waals surface area contributed by atoms with Crippen LogP contribution in [0.3, 0.4) is 0 Å². The smallest absolute Gasteiger partial charge is 0.261 e. The van der Waals surface area contributed by atoms with E-state index >= 15 is 0 Å². The number of carbonyl (C=O) groups is 1. The molecule has 1 N–H and O–H groups in total. The summed E-state index contributed by atoms with van der Waals surface area (Å²) in [6.07, 6.45) is 0. The summed E-state index contributed by atoms with van der Waals surface area (Å²) >= 11 is 0. The van der Waals surface area contributed by atoms with Crippen molar-refractivity contribution in [1.29, 1.82) is 0 Å². The van der Waals surface area contributed by atoms with Crippen LogP contribution < -0.4 is 19.1 Å². The first-order valence-electron chi connectivity index (χ1n) is 9.36. The Bertz CT molecular complexity index is 1050. The van der Waals surface area contributed by atoms with E-state index in [-0.39, 0.29) is 17.4 Å². The lowest BCUT2D eigenvalue weighted by molar-refractivity contribution is -0.127. The van der Waals surface area contributed by atoms with Crippen LogP contribution in [-0.2, 0) is 14.8 Å². The molecule has 1 aliphatic rings. The molecule has 8 heteroatoms. The fraction of sp³-hybridized carbons (Fsp3) is 0.381. The summed E-state index contributed by atoms with van der Waals surface area (Å²) in [6, 6.07) is 9.61. The molecule has 0 atom stereocenters. The molecule has 0 aromatic heterocycles. The van der Waals surface area contributed by atoms with Crippen LogP contribution >= 0.6 is 0 Å². The van der Waals surface area contributed by atoms with E-state index in [2.05, 4.69) is 4.72 Å². The standard InChI is InChI=1S/C21H26N2O5S/c1-6-27-18-10-8-16(11-14(18)2)29(25,26)22-15-7-9-19-17(12-15)23(5)20(24)21(3,4)13-28-19/h7-12,22H,6,13H2,1-5H3. The molecule has 0 bridgehead atoms. The number of rotatable bonds is 5. The minimum absolute atomic E-state index is 0.0987. The molecule has 7 nitrogen and oxygen atoms in total. The largest absolute Gasteiger partial charge is 0.494 e. The first-order valence-corrected chi connectivity index (χ1v) is 10.8. The molecule has 0 saturated carbocycles. The van der Waals surface area contributed by atoms with Crippen LogP contribution in [0, 0.1) is 12.3 Å². The molecule has 2 aromatic carbocycles. The quantitative estimate of drug-likeness (QED) is 0.802. The zero-order valence-electron chi connectivity index (χ0n) is 17.3. The number of ether oxygens (including phenoxy) is 2. The third-order valence-electron chi connectivity index (χ3n) is 4.80. The number of hydrogen-bond acceptors (Lipinski definition) is 5. The van der Waals surface area contributed by atoms with Gasteiger partial charge in [0.1, 0.15) is 18.1 Å². The summed E-state index contributed by atoms with van der Waals surface area (Å²) in [5.74, 6) is 1.08. The van der Waals surface area contributed by atoms with E-state index in [9.17, 15) is 13.2 Å². The molecule has 0 unspecified atom stereocenters. The van der Waals surface area contributed by atoms with Crippen LogP contribution in [0.5, 0.6) is 11.5 Å². The number of fused-ring (bicyclic) bond motifs is 1. The molecular weight excluding hydrogens is 392 g/mol. The Kier molecular flexibility index (Phi) is 5.49. The molecule has 29 heavy (non-hydrogen) atoms. The summed E-state index contributed by atoms with van der Waals surface area (Å²) in [4.78, 5) is 14.3. The van der Waals surface area contributed by atoms with Crippen molar-refractivity contribution in [2.24, 2.45) is 5.41 Å². The summed E-state index contributed by atoms with van der Waals surface area (Å²) < 4.78 is 39.5. The van der Waals surface area contributed by atoms with E-state index in [1.54, 1.807) is 44.3 Å². The maximum absolute atomic E-state index is 12.8. The second-order valence-electron chi connectivity index (χ2n) is 7.69. The fourth-order valence-corrected chi connectivity index (χ4v) is 4.30. The predicted octanol–water partition coefficient (Wildman–Crippen LogP) is 3.58. The zero-order valence-corrected chi connectivity index (χ0v) is 18.1. The molecule has 156 valence electrons. The van der Waals surface area contributed by atoms with Gasteiger partial charge in [-0.2, -0.15) is 0 Å². The van der Waals surface area contributed by atoms with Gasteiger partial charge in [0.15, 0.2) is 0 Å². The minimum Gasteiger partial charge on any atom is -0.494 e. The third-order valence-corrected chi connectivity index (χ3v) is 6.18. The number of nitrogens with one attached hydrogen (secondary N) is 1. The van der Waals surface area contributed by atoms with Crippen LogP contribution in [0.4, 0.5) is 11.4 Å². The van der Waals surface area contributed by atoms with Crippen molar-refractivity contribution in [3.05, 3.63) is 42.0 Å². The summed E-state index contributed by atoms with van der Waals surface area (Å²) in [6.45, 7) is 8.05. The van der Waals surface area contributed by atoms with Gasteiger partial charge < -0.3 is 14.4 Å². The molecule has 1 heterocycles. The van der Waals surface area contributed by atoms with Gasteiger partial charge >= 0.3 is 0 Å². The molecule has 3 rings (SSSR count). The normalized spacial score (nSPS) is 15.9. The van der Waals surface area contributed by atoms with Gasteiger partial charge in [0.25, 0.3) is 10.0 Å². The number of benzene rings is 2. The van der Waals surface area contributed by atoms with Crippen LogP contribution in [0.1, 0.15) is 26.3 Å². The monoisotopic (exact) mass is 418 g/mol. The van der Waals surface area contributed by atoms with E-state index in [1.165, 1.54) is 11.0 Å². The number of carbonyl (C=O) groups excluding carboxylic acids is 1. The third kappa shape index (κ3) is 4.17. The highest BCUT2D eigenvalue weighted by molar-refractivity contribution is 7.92. The molecule has 0 fully saturated rings. The topological polar surface area (TPSA) is 84.9 Å². The van der Waals surface area contributed by atoms with Gasteiger partial charge in [0.2, 0.25) is 5.91 Å². The van der Waals surface area contributed by atoms with Crippen molar-refractivity contribution in [3.8, 4) is 11.5 Å². The van der Waals surface area contributed by atoms with Crippen molar-refractivity contribution in [2.45, 2.75) is 32.6 Å². The van der Waals surface area contributed by atoms with Crippen LogP contribution in [0.2, 0.25) is 0 Å². The van der Waals surface area contributed by atoms with Crippen molar-refractivity contribution in [3.63, 3.8) is 0 Å². The summed E-state index contributed by atoms with van der Waals surface area (Å²) in [5, 5.41) is 0. The zero-order chi connectivity index (χ0) is 21.4. The van der Waals surface area contributed by atoms with Crippen molar-refractivity contribution in [1.82, 2.24) is 0 Å². The highest BCUT2D eigenvalue weighted by atomic mass is 32.2. The number of nitrogens with zero attached hydrogens (tertiary/aromatic N) is 1. The number of sulfonamides is 1. The summed E-state index contributed by atoms with van der Waals surface area (Å²) in [7, 11) is -2.15. The molecule has 0 spiro atoms. The Morgan fingerprint density at radius 2 is 1.93 bits per heavy atom. The summed E-state index contributed by atoms with van der Waals surface area (Å²) in [5.41, 5.74) is 0.923. The minimum atomic E-state index is -3.81. The number of hydrogen-bond donors (Lipinski definition) is 1. The van der Waals surface area contributed by atoms with Crippen molar-refractivity contribution < 1.29 is 22.7 Å². The van der Waals surface area contributed by atoms with Crippen LogP contribution in [0.25, 0.3) is 0 Å². The van der Waals surface area contributed by atoms with Crippen LogP contribution in [0.15, 0.2) is 41.3 Å². The van der Waals surface area contributed by atoms with Gasteiger partial charge in [0.05, 0.1) is 28.3 Å². The lowest BCUT2D eigenvalue weighted by Gasteiger charge is -2.24. The van der Waals surface area contributed by atoms with Gasteiger partial charge in [-0.1, -0.05) is 0 Å². The van der Waals surface area contributed by atoms with E-state index < -0.39 is 15.4 Å². The SMILES string of the molecule is CCOc1ccc(S(=O)(=O)Nc2ccc3c(c2)N(C)C(=O)C(C)(C)CO3)cc1C. The maximum Gasteiger partial charge on any atom is 0.261 e. The fourth-order valence-electron chi connectivity index (χ4n) is 3.17.